The quantitative estimate of drug-likeness (QED) is 0.208. The van der Waals surface area contributed by atoms with Crippen molar-refractivity contribution in [2.45, 2.75) is 91.5 Å². The molecule has 0 aliphatic carbocycles. The number of hydrogen-bond acceptors (Lipinski definition) is 6. The zero-order valence-corrected chi connectivity index (χ0v) is 26.9. The van der Waals surface area contributed by atoms with Gasteiger partial charge in [-0.05, 0) is 101 Å². The molecule has 0 saturated carbocycles. The van der Waals surface area contributed by atoms with Gasteiger partial charge in [0.1, 0.15) is 29.2 Å². The summed E-state index contributed by atoms with van der Waals surface area (Å²) < 4.78 is 5.51. The number of ether oxygens (including phenoxy) is 1. The van der Waals surface area contributed by atoms with E-state index >= 15 is 0 Å². The molecule has 0 spiro atoms. The Bertz CT molecular complexity index is 1440. The number of hydrogen-bond donors (Lipinski definition) is 4. The first-order valence-electron chi connectivity index (χ1n) is 14.8. The molecule has 9 nitrogen and oxygen atoms in total. The molecule has 2 unspecified atom stereocenters. The van der Waals surface area contributed by atoms with E-state index in [0.29, 0.717) is 23.2 Å². The van der Waals surface area contributed by atoms with Gasteiger partial charge < -0.3 is 30.5 Å². The molecule has 3 aromatic rings. The molecule has 0 radical (unpaired) electrons. The van der Waals surface area contributed by atoms with E-state index in [1.807, 2.05) is 52.8 Å². The molecule has 3 amide bonds. The summed E-state index contributed by atoms with van der Waals surface area (Å²) in [5.41, 5.74) is 1.89. The van der Waals surface area contributed by atoms with Gasteiger partial charge in [0.15, 0.2) is 0 Å². The van der Waals surface area contributed by atoms with Crippen LogP contribution in [0, 0.1) is 13.8 Å². The molecule has 0 aliphatic rings. The number of aryl methyl sites for hydroxylation is 2. The summed E-state index contributed by atoms with van der Waals surface area (Å²) in [6.07, 6.45) is -0.206. The second kappa shape index (κ2) is 13.8. The van der Waals surface area contributed by atoms with E-state index in [9.17, 15) is 24.6 Å². The van der Waals surface area contributed by atoms with Gasteiger partial charge in [-0.15, -0.1) is 0 Å². The predicted octanol–water partition coefficient (Wildman–Crippen LogP) is 6.55. The van der Waals surface area contributed by atoms with Crippen LogP contribution in [0.4, 0.5) is 10.5 Å². The van der Waals surface area contributed by atoms with Gasteiger partial charge in [-0.1, -0.05) is 49.4 Å². The van der Waals surface area contributed by atoms with E-state index in [2.05, 4.69) is 10.6 Å². The topological polar surface area (TPSA) is 128 Å². The van der Waals surface area contributed by atoms with Gasteiger partial charge in [-0.25, -0.2) is 4.79 Å². The van der Waals surface area contributed by atoms with Crippen LogP contribution in [0.1, 0.15) is 76.3 Å². The first kappa shape index (κ1) is 34.0. The third kappa shape index (κ3) is 8.75. The van der Waals surface area contributed by atoms with E-state index < -0.39 is 41.1 Å². The standard InChI is InChI=1S/C35H45N3O6/c1-9-35(7,8)38(32(42)28(36-33(43)44-34(4,5)6)21-24-13-17-26(39)18-14-24)30(25-15-19-27(40)20-16-25)31(41)37-29-22(2)11-10-12-23(29)3/h10-20,28,30,39-40H,9,21H2,1-8H3,(H,36,43)(H,37,41). The van der Waals surface area contributed by atoms with E-state index in [-0.39, 0.29) is 17.9 Å². The highest BCUT2D eigenvalue weighted by Gasteiger charge is 2.43. The third-order valence-corrected chi connectivity index (χ3v) is 7.56. The first-order chi connectivity index (χ1) is 20.5. The average Bonchev–Trinajstić information content (AvgIpc) is 2.93. The van der Waals surface area contributed by atoms with Crippen LogP contribution < -0.4 is 10.6 Å². The SMILES string of the molecule is CCC(C)(C)N(C(=O)C(Cc1ccc(O)cc1)NC(=O)OC(C)(C)C)C(C(=O)Nc1c(C)cccc1C)c1ccc(O)cc1. The summed E-state index contributed by atoms with van der Waals surface area (Å²) in [7, 11) is 0. The number of phenols is 2. The Labute approximate surface area is 260 Å². The zero-order valence-electron chi connectivity index (χ0n) is 26.9. The lowest BCUT2D eigenvalue weighted by Crippen LogP contribution is -2.59. The zero-order chi connectivity index (χ0) is 32.8. The first-order valence-corrected chi connectivity index (χ1v) is 14.8. The van der Waals surface area contributed by atoms with Crippen molar-refractivity contribution in [3.63, 3.8) is 0 Å². The molecule has 0 fully saturated rings. The van der Waals surface area contributed by atoms with Crippen LogP contribution in [-0.4, -0.2) is 50.2 Å². The molecule has 44 heavy (non-hydrogen) atoms. The molecule has 0 heterocycles. The Hall–Kier alpha value is -4.53. The lowest BCUT2D eigenvalue weighted by molar-refractivity contribution is -0.147. The molecule has 3 rings (SSSR count). The minimum absolute atomic E-state index is 0.0204. The molecule has 9 heteroatoms. The van der Waals surface area contributed by atoms with Gasteiger partial charge in [0.2, 0.25) is 5.91 Å². The Balaban J connectivity index is 2.16. The lowest BCUT2D eigenvalue weighted by Gasteiger charge is -2.44. The number of carbonyl (C=O) groups is 3. The Kier molecular flexibility index (Phi) is 10.7. The van der Waals surface area contributed by atoms with Gasteiger partial charge in [-0.2, -0.15) is 0 Å². The number of benzene rings is 3. The third-order valence-electron chi connectivity index (χ3n) is 7.56. The number of nitrogens with one attached hydrogen (secondary N) is 2. The fourth-order valence-corrected chi connectivity index (χ4v) is 4.91. The Morgan fingerprint density at radius 1 is 0.841 bits per heavy atom. The van der Waals surface area contributed by atoms with Crippen molar-refractivity contribution >= 4 is 23.6 Å². The second-order valence-corrected chi connectivity index (χ2v) is 12.7. The van der Waals surface area contributed by atoms with Crippen LogP contribution in [0.5, 0.6) is 11.5 Å². The number of aromatic hydroxyl groups is 2. The normalized spacial score (nSPS) is 13.0. The van der Waals surface area contributed by atoms with Crippen molar-refractivity contribution in [1.29, 1.82) is 0 Å². The molecule has 0 saturated heterocycles. The highest BCUT2D eigenvalue weighted by Crippen LogP contribution is 2.34. The number of nitrogens with zero attached hydrogens (tertiary/aromatic N) is 1. The largest absolute Gasteiger partial charge is 0.508 e. The molecule has 0 aromatic heterocycles. The van der Waals surface area contributed by atoms with E-state index in [1.54, 1.807) is 45.0 Å². The summed E-state index contributed by atoms with van der Waals surface area (Å²) in [5.74, 6) is -0.845. The smallest absolute Gasteiger partial charge is 0.408 e. The number of amides is 3. The van der Waals surface area contributed by atoms with Crippen molar-refractivity contribution in [3.8, 4) is 11.5 Å². The van der Waals surface area contributed by atoms with Crippen LogP contribution in [0.25, 0.3) is 0 Å². The van der Waals surface area contributed by atoms with Gasteiger partial charge in [0.05, 0.1) is 0 Å². The molecule has 0 bridgehead atoms. The van der Waals surface area contributed by atoms with Gasteiger partial charge in [-0.3, -0.25) is 9.59 Å². The van der Waals surface area contributed by atoms with Crippen molar-refractivity contribution in [1.82, 2.24) is 10.2 Å². The number of para-hydroxylation sites is 1. The maximum atomic E-state index is 14.8. The van der Waals surface area contributed by atoms with Crippen LogP contribution in [0.15, 0.2) is 66.7 Å². The van der Waals surface area contributed by atoms with Crippen LogP contribution >= 0.6 is 0 Å². The van der Waals surface area contributed by atoms with Crippen molar-refractivity contribution < 1.29 is 29.3 Å². The van der Waals surface area contributed by atoms with Gasteiger partial charge in [0, 0.05) is 17.6 Å². The molecular weight excluding hydrogens is 558 g/mol. The number of anilines is 1. The van der Waals surface area contributed by atoms with Crippen LogP contribution in [0.2, 0.25) is 0 Å². The van der Waals surface area contributed by atoms with Crippen molar-refractivity contribution in [3.05, 3.63) is 89.0 Å². The van der Waals surface area contributed by atoms with Gasteiger partial charge >= 0.3 is 6.09 Å². The molecule has 0 aliphatic heterocycles. The van der Waals surface area contributed by atoms with E-state index in [4.69, 9.17) is 4.74 Å². The summed E-state index contributed by atoms with van der Waals surface area (Å²) in [5, 5.41) is 25.7. The van der Waals surface area contributed by atoms with Crippen LogP contribution in [-0.2, 0) is 20.7 Å². The molecule has 236 valence electrons. The number of carbonyl (C=O) groups excluding carboxylic acids is 3. The minimum atomic E-state index is -1.13. The summed E-state index contributed by atoms with van der Waals surface area (Å²) >= 11 is 0. The molecule has 4 N–H and O–H groups in total. The monoisotopic (exact) mass is 603 g/mol. The fourth-order valence-electron chi connectivity index (χ4n) is 4.91. The maximum Gasteiger partial charge on any atom is 0.408 e. The van der Waals surface area contributed by atoms with Crippen LogP contribution in [0.3, 0.4) is 0 Å². The minimum Gasteiger partial charge on any atom is -0.508 e. The summed E-state index contributed by atoms with van der Waals surface area (Å²) in [6, 6.07) is 16.0. The highest BCUT2D eigenvalue weighted by atomic mass is 16.6. The average molecular weight is 604 g/mol. The predicted molar refractivity (Wildman–Crippen MR) is 172 cm³/mol. The Morgan fingerprint density at radius 3 is 1.86 bits per heavy atom. The lowest BCUT2D eigenvalue weighted by atomic mass is 9.91. The number of rotatable bonds is 10. The number of phenolic OH excluding ortho intramolecular Hbond substituents is 2. The van der Waals surface area contributed by atoms with E-state index in [0.717, 1.165) is 11.1 Å². The van der Waals surface area contributed by atoms with Gasteiger partial charge in [0.25, 0.3) is 5.91 Å². The van der Waals surface area contributed by atoms with Crippen molar-refractivity contribution in [2.24, 2.45) is 0 Å². The molecule has 2 atom stereocenters. The Morgan fingerprint density at radius 2 is 1.36 bits per heavy atom. The molecule has 3 aromatic carbocycles. The fraction of sp³-hybridized carbons (Fsp3) is 0.400. The molecular formula is C35H45N3O6. The summed E-state index contributed by atoms with van der Waals surface area (Å²) in [6.45, 7) is 14.7. The number of alkyl carbamates (subject to hydrolysis) is 1. The highest BCUT2D eigenvalue weighted by molar-refractivity contribution is 6.00. The van der Waals surface area contributed by atoms with Crippen molar-refractivity contribution in [2.75, 3.05) is 5.32 Å². The van der Waals surface area contributed by atoms with E-state index in [1.165, 1.54) is 29.2 Å². The maximum absolute atomic E-state index is 14.8. The summed E-state index contributed by atoms with van der Waals surface area (Å²) in [4.78, 5) is 43.7. The second-order valence-electron chi connectivity index (χ2n) is 12.7.